The number of piperazine rings is 1. The Hall–Kier alpha value is -2.24. The number of ether oxygens (including phenoxy) is 2. The highest BCUT2D eigenvalue weighted by Crippen LogP contribution is 2.25. The number of hydrogen-bond acceptors (Lipinski definition) is 4. The van der Waals surface area contributed by atoms with E-state index < -0.39 is 0 Å². The van der Waals surface area contributed by atoms with Crippen molar-refractivity contribution < 1.29 is 19.1 Å². The van der Waals surface area contributed by atoms with Gasteiger partial charge in [0.1, 0.15) is 0 Å². The average Bonchev–Trinajstić information content (AvgIpc) is 2.60. The first-order valence-electron chi connectivity index (χ1n) is 7.97. The lowest BCUT2D eigenvalue weighted by atomic mass is 10.2. The number of carbonyl (C=O) groups excluding carboxylic acids is 2. The maximum atomic E-state index is 12.2. The minimum absolute atomic E-state index is 0.0245. The van der Waals surface area contributed by atoms with Gasteiger partial charge >= 0.3 is 0 Å². The molecule has 2 rings (SSSR count). The van der Waals surface area contributed by atoms with Gasteiger partial charge in [0.25, 0.3) is 5.91 Å². The third-order valence-electron chi connectivity index (χ3n) is 3.87. The van der Waals surface area contributed by atoms with Crippen molar-refractivity contribution in [3.63, 3.8) is 0 Å². The number of nitrogens with zero attached hydrogens (tertiary/aromatic N) is 2. The third kappa shape index (κ3) is 4.61. The van der Waals surface area contributed by atoms with E-state index in [0.717, 1.165) is 6.42 Å². The van der Waals surface area contributed by atoms with Gasteiger partial charge in [-0.1, -0.05) is 19.1 Å². The molecule has 0 N–H and O–H groups in total. The van der Waals surface area contributed by atoms with Gasteiger partial charge in [0.2, 0.25) is 5.91 Å². The maximum Gasteiger partial charge on any atom is 0.260 e. The molecule has 1 aromatic rings. The van der Waals surface area contributed by atoms with Gasteiger partial charge in [-0.3, -0.25) is 9.59 Å². The number of hydrogen-bond donors (Lipinski definition) is 0. The molecule has 6 nitrogen and oxygen atoms in total. The molecular weight excluding hydrogens is 296 g/mol. The molecule has 0 radical (unpaired) electrons. The van der Waals surface area contributed by atoms with Crippen LogP contribution in [-0.4, -0.2) is 61.5 Å². The summed E-state index contributed by atoms with van der Waals surface area (Å²) in [7, 11) is 1.57. The maximum absolute atomic E-state index is 12.2. The standard InChI is InChI=1S/C17H24N2O4/c1-3-6-16(20)18-9-11-19(12-10-18)17(21)13-23-15-8-5-4-7-14(15)22-2/h4-5,7-8H,3,6,9-13H2,1-2H3. The Morgan fingerprint density at radius 3 is 2.13 bits per heavy atom. The van der Waals surface area contributed by atoms with E-state index in [1.54, 1.807) is 24.1 Å². The molecule has 0 spiro atoms. The van der Waals surface area contributed by atoms with Crippen LogP contribution < -0.4 is 9.47 Å². The summed E-state index contributed by atoms with van der Waals surface area (Å²) < 4.78 is 10.8. The second kappa shape index (κ2) is 8.41. The molecule has 1 aliphatic heterocycles. The van der Waals surface area contributed by atoms with E-state index in [1.165, 1.54) is 0 Å². The molecule has 126 valence electrons. The lowest BCUT2D eigenvalue weighted by Gasteiger charge is -2.34. The molecule has 1 saturated heterocycles. The second-order valence-corrected chi connectivity index (χ2v) is 5.45. The molecule has 0 aliphatic carbocycles. The topological polar surface area (TPSA) is 59.1 Å². The lowest BCUT2D eigenvalue weighted by molar-refractivity contribution is -0.140. The van der Waals surface area contributed by atoms with Gasteiger partial charge in [-0.25, -0.2) is 0 Å². The van der Waals surface area contributed by atoms with Gasteiger partial charge in [0, 0.05) is 32.6 Å². The summed E-state index contributed by atoms with van der Waals surface area (Å²) >= 11 is 0. The van der Waals surface area contributed by atoms with Crippen molar-refractivity contribution in [2.75, 3.05) is 39.9 Å². The minimum Gasteiger partial charge on any atom is -0.493 e. The van der Waals surface area contributed by atoms with Crippen molar-refractivity contribution in [1.29, 1.82) is 0 Å². The lowest BCUT2D eigenvalue weighted by Crippen LogP contribution is -2.51. The molecule has 23 heavy (non-hydrogen) atoms. The first-order valence-corrected chi connectivity index (χ1v) is 7.97. The quantitative estimate of drug-likeness (QED) is 0.798. The predicted molar refractivity (Wildman–Crippen MR) is 86.6 cm³/mol. The summed E-state index contributed by atoms with van der Waals surface area (Å²) in [6, 6.07) is 7.24. The Labute approximate surface area is 137 Å². The van der Waals surface area contributed by atoms with Gasteiger partial charge < -0.3 is 19.3 Å². The van der Waals surface area contributed by atoms with Crippen LogP contribution in [-0.2, 0) is 9.59 Å². The minimum atomic E-state index is -0.0708. The van der Waals surface area contributed by atoms with Crippen LogP contribution in [0.3, 0.4) is 0 Å². The van der Waals surface area contributed by atoms with Crippen LogP contribution in [0.25, 0.3) is 0 Å². The van der Waals surface area contributed by atoms with E-state index in [1.807, 2.05) is 24.0 Å². The molecule has 6 heteroatoms. The fourth-order valence-electron chi connectivity index (χ4n) is 2.55. The molecule has 1 aromatic carbocycles. The third-order valence-corrected chi connectivity index (χ3v) is 3.87. The van der Waals surface area contributed by atoms with Crippen molar-refractivity contribution in [1.82, 2.24) is 9.80 Å². The Kier molecular flexibility index (Phi) is 6.26. The highest BCUT2D eigenvalue weighted by Gasteiger charge is 2.23. The number of para-hydroxylation sites is 2. The van der Waals surface area contributed by atoms with Crippen molar-refractivity contribution >= 4 is 11.8 Å². The first-order chi connectivity index (χ1) is 11.2. The second-order valence-electron chi connectivity index (χ2n) is 5.45. The summed E-state index contributed by atoms with van der Waals surface area (Å²) in [5, 5.41) is 0. The number of methoxy groups -OCH3 is 1. The SMILES string of the molecule is CCCC(=O)N1CCN(C(=O)COc2ccccc2OC)CC1. The van der Waals surface area contributed by atoms with Crippen LogP contribution in [0.4, 0.5) is 0 Å². The zero-order valence-corrected chi connectivity index (χ0v) is 13.8. The number of benzene rings is 1. The Balaban J connectivity index is 1.80. The highest BCUT2D eigenvalue weighted by atomic mass is 16.5. The molecular formula is C17H24N2O4. The van der Waals surface area contributed by atoms with Crippen LogP contribution in [0.1, 0.15) is 19.8 Å². The Bertz CT molecular complexity index is 539. The zero-order chi connectivity index (χ0) is 16.7. The van der Waals surface area contributed by atoms with Crippen molar-refractivity contribution in [2.24, 2.45) is 0 Å². The number of amides is 2. The van der Waals surface area contributed by atoms with E-state index in [4.69, 9.17) is 9.47 Å². The van der Waals surface area contributed by atoms with Crippen LogP contribution in [0.2, 0.25) is 0 Å². The van der Waals surface area contributed by atoms with E-state index in [-0.39, 0.29) is 18.4 Å². The average molecular weight is 320 g/mol. The Morgan fingerprint density at radius 2 is 1.57 bits per heavy atom. The fourth-order valence-corrected chi connectivity index (χ4v) is 2.55. The van der Waals surface area contributed by atoms with E-state index >= 15 is 0 Å². The van der Waals surface area contributed by atoms with Crippen LogP contribution in [0, 0.1) is 0 Å². The van der Waals surface area contributed by atoms with Crippen LogP contribution in [0.15, 0.2) is 24.3 Å². The number of carbonyl (C=O) groups is 2. The molecule has 1 heterocycles. The van der Waals surface area contributed by atoms with Gasteiger partial charge in [-0.2, -0.15) is 0 Å². The van der Waals surface area contributed by atoms with E-state index in [9.17, 15) is 9.59 Å². The van der Waals surface area contributed by atoms with Crippen molar-refractivity contribution in [3.8, 4) is 11.5 Å². The monoisotopic (exact) mass is 320 g/mol. The van der Waals surface area contributed by atoms with Crippen molar-refractivity contribution in [2.45, 2.75) is 19.8 Å². The van der Waals surface area contributed by atoms with Crippen molar-refractivity contribution in [3.05, 3.63) is 24.3 Å². The van der Waals surface area contributed by atoms with Gasteiger partial charge in [-0.05, 0) is 18.6 Å². The highest BCUT2D eigenvalue weighted by molar-refractivity contribution is 5.79. The molecule has 0 saturated carbocycles. The first kappa shape index (κ1) is 17.1. The molecule has 0 unspecified atom stereocenters. The molecule has 1 fully saturated rings. The smallest absolute Gasteiger partial charge is 0.260 e. The molecule has 1 aliphatic rings. The van der Waals surface area contributed by atoms with Crippen LogP contribution >= 0.6 is 0 Å². The predicted octanol–water partition coefficient (Wildman–Crippen LogP) is 1.54. The van der Waals surface area contributed by atoms with Gasteiger partial charge in [-0.15, -0.1) is 0 Å². The fraction of sp³-hybridized carbons (Fsp3) is 0.529. The summed E-state index contributed by atoms with van der Waals surface area (Å²) in [6.07, 6.45) is 1.43. The van der Waals surface area contributed by atoms with E-state index in [2.05, 4.69) is 0 Å². The largest absolute Gasteiger partial charge is 0.493 e. The summed E-state index contributed by atoms with van der Waals surface area (Å²) in [6.45, 7) is 4.28. The molecule has 2 amide bonds. The van der Waals surface area contributed by atoms with Gasteiger partial charge in [0.15, 0.2) is 18.1 Å². The summed E-state index contributed by atoms with van der Waals surface area (Å²) in [5.41, 5.74) is 0. The molecule has 0 atom stereocenters. The van der Waals surface area contributed by atoms with Gasteiger partial charge in [0.05, 0.1) is 7.11 Å². The molecule has 0 aromatic heterocycles. The van der Waals surface area contributed by atoms with Crippen LogP contribution in [0.5, 0.6) is 11.5 Å². The molecule has 0 bridgehead atoms. The summed E-state index contributed by atoms with van der Waals surface area (Å²) in [4.78, 5) is 27.6. The Morgan fingerprint density at radius 1 is 1.00 bits per heavy atom. The normalized spacial score (nSPS) is 14.5. The zero-order valence-electron chi connectivity index (χ0n) is 13.8. The number of rotatable bonds is 6. The van der Waals surface area contributed by atoms with E-state index in [0.29, 0.717) is 44.1 Å². The summed E-state index contributed by atoms with van der Waals surface area (Å²) in [5.74, 6) is 1.26.